The largest absolute Gasteiger partial charge is 0.340 e. The molecular formula is C36H16N8O2S2. The number of carbonyl (C=O) groups is 2. The summed E-state index contributed by atoms with van der Waals surface area (Å²) < 4.78 is 5.98. The summed E-state index contributed by atoms with van der Waals surface area (Å²) in [7, 11) is 3.88. The number of aromatic nitrogens is 2. The Bertz CT molecular complexity index is 2610. The Morgan fingerprint density at radius 2 is 0.958 bits per heavy atom. The van der Waals surface area contributed by atoms with Crippen LogP contribution in [0.15, 0.2) is 81.8 Å². The van der Waals surface area contributed by atoms with E-state index in [0.717, 1.165) is 31.5 Å². The fraction of sp³-hybridized carbons (Fsp3) is 0.0556. The number of nitriles is 4. The van der Waals surface area contributed by atoms with Crippen molar-refractivity contribution in [2.45, 2.75) is 0 Å². The van der Waals surface area contributed by atoms with Gasteiger partial charge in [0.05, 0.1) is 31.5 Å². The normalized spacial score (nSPS) is 15.3. The lowest BCUT2D eigenvalue weighted by atomic mass is 10.0. The Hall–Kier alpha value is -6.70. The molecule has 2 aliphatic rings. The van der Waals surface area contributed by atoms with Gasteiger partial charge < -0.3 is 9.13 Å². The minimum absolute atomic E-state index is 0.0710. The van der Waals surface area contributed by atoms with Crippen molar-refractivity contribution in [1.29, 1.82) is 21.0 Å². The average Bonchev–Trinajstić information content (AvgIpc) is 3.92. The van der Waals surface area contributed by atoms with Crippen LogP contribution in [-0.4, -0.2) is 32.1 Å². The number of hydrogen-bond acceptors (Lipinski definition) is 10. The maximum atomic E-state index is 13.4. The predicted molar refractivity (Wildman–Crippen MR) is 185 cm³/mol. The van der Waals surface area contributed by atoms with Crippen LogP contribution in [0.5, 0.6) is 0 Å². The fourth-order valence-corrected chi connectivity index (χ4v) is 8.81. The molecule has 0 radical (unpaired) electrons. The van der Waals surface area contributed by atoms with Crippen LogP contribution < -0.4 is 0 Å². The predicted octanol–water partition coefficient (Wildman–Crippen LogP) is 7.49. The third-order valence-electron chi connectivity index (χ3n) is 8.62. The summed E-state index contributed by atoms with van der Waals surface area (Å²) in [6.07, 6.45) is 0. The number of nitrogens with zero attached hydrogens (tertiary/aromatic N) is 8. The molecule has 2 aliphatic carbocycles. The maximum absolute atomic E-state index is 13.4. The number of Topliss-reactive ketones (excluding diaryl/α,β-unsaturated/α-hetero) is 2. The van der Waals surface area contributed by atoms with Crippen molar-refractivity contribution in [2.24, 2.45) is 24.1 Å². The standard InChI is InChI=1S/C36H16N8O2S2/c1-43-23-11-25(41-29-27(17(13-37)14-38)19-7-3-5-9-21(19)33(29)45)47-35(23)32-31(43)36-24(44(32)2)12-26(48-36)42-30-28(18(15-39)16-40)20-8-4-6-10-22(20)34(30)46/h3-12H,1-2H3. The van der Waals surface area contributed by atoms with Gasteiger partial charge >= 0.3 is 0 Å². The number of carbonyl (C=O) groups excluding carboxylic acids is 2. The number of ketones is 2. The van der Waals surface area contributed by atoms with E-state index in [9.17, 15) is 30.6 Å². The summed E-state index contributed by atoms with van der Waals surface area (Å²) >= 11 is 2.81. The minimum atomic E-state index is -0.335. The smallest absolute Gasteiger partial charge is 0.212 e. The van der Waals surface area contributed by atoms with Crippen LogP contribution in [0.2, 0.25) is 0 Å². The summed E-state index contributed by atoms with van der Waals surface area (Å²) in [5.74, 6) is -0.670. The zero-order valence-corrected chi connectivity index (χ0v) is 26.6. The Labute approximate surface area is 279 Å². The van der Waals surface area contributed by atoms with E-state index in [1.54, 1.807) is 48.5 Å². The molecule has 224 valence electrons. The summed E-state index contributed by atoms with van der Waals surface area (Å²) in [5, 5.41) is 39.8. The maximum Gasteiger partial charge on any atom is 0.212 e. The highest BCUT2D eigenvalue weighted by molar-refractivity contribution is 7.25. The molecule has 12 heteroatoms. The molecule has 0 atom stereocenters. The van der Waals surface area contributed by atoms with Crippen molar-refractivity contribution in [3.8, 4) is 24.3 Å². The van der Waals surface area contributed by atoms with E-state index in [1.807, 2.05) is 59.6 Å². The lowest BCUT2D eigenvalue weighted by Crippen LogP contribution is -2.07. The first-order chi connectivity index (χ1) is 23.3. The Kier molecular flexibility index (Phi) is 6.24. The molecule has 4 aromatic heterocycles. The summed E-state index contributed by atoms with van der Waals surface area (Å²) in [5.41, 5.74) is 5.83. The van der Waals surface area contributed by atoms with Gasteiger partial charge in [0.1, 0.15) is 56.8 Å². The molecule has 48 heavy (non-hydrogen) atoms. The molecule has 0 aliphatic heterocycles. The summed E-state index contributed by atoms with van der Waals surface area (Å²) in [6, 6.07) is 25.2. The van der Waals surface area contributed by atoms with Crippen molar-refractivity contribution < 1.29 is 9.59 Å². The topological polar surface area (TPSA) is 164 Å². The second-order valence-corrected chi connectivity index (χ2v) is 13.1. The quantitative estimate of drug-likeness (QED) is 0.175. The second kappa shape index (κ2) is 10.4. The third kappa shape index (κ3) is 3.79. The minimum Gasteiger partial charge on any atom is -0.340 e. The van der Waals surface area contributed by atoms with Crippen molar-refractivity contribution in [3.63, 3.8) is 0 Å². The number of allylic oxidation sites excluding steroid dienone is 4. The number of aliphatic imine (C=N–C) groups is 2. The number of hydrogen-bond donors (Lipinski definition) is 0. The van der Waals surface area contributed by atoms with Gasteiger partial charge in [-0.05, 0) is 23.3 Å². The van der Waals surface area contributed by atoms with E-state index in [1.165, 1.54) is 22.7 Å². The molecule has 2 aromatic carbocycles. The van der Waals surface area contributed by atoms with E-state index >= 15 is 0 Å². The van der Waals surface area contributed by atoms with Gasteiger partial charge in [-0.2, -0.15) is 21.0 Å². The highest BCUT2D eigenvalue weighted by Gasteiger charge is 2.36. The number of benzene rings is 2. The first-order valence-electron chi connectivity index (χ1n) is 14.4. The Morgan fingerprint density at radius 1 is 0.604 bits per heavy atom. The lowest BCUT2D eigenvalue weighted by Gasteiger charge is -2.00. The summed E-state index contributed by atoms with van der Waals surface area (Å²) in [4.78, 5) is 36.2. The monoisotopic (exact) mass is 656 g/mol. The molecule has 0 fully saturated rings. The van der Waals surface area contributed by atoms with Gasteiger partial charge in [-0.25, -0.2) is 9.98 Å². The van der Waals surface area contributed by atoms with E-state index in [0.29, 0.717) is 32.3 Å². The van der Waals surface area contributed by atoms with Gasteiger partial charge in [0.15, 0.2) is 0 Å². The number of aryl methyl sites for hydroxylation is 2. The molecule has 0 saturated carbocycles. The van der Waals surface area contributed by atoms with Gasteiger partial charge in [-0.3, -0.25) is 9.59 Å². The molecule has 4 heterocycles. The van der Waals surface area contributed by atoms with Crippen molar-refractivity contribution >= 4 is 98.3 Å². The van der Waals surface area contributed by atoms with Crippen molar-refractivity contribution in [2.75, 3.05) is 0 Å². The van der Waals surface area contributed by atoms with Crippen molar-refractivity contribution in [1.82, 2.24) is 9.13 Å². The molecule has 0 bridgehead atoms. The third-order valence-corrected chi connectivity index (χ3v) is 10.7. The van der Waals surface area contributed by atoms with Crippen LogP contribution in [0.1, 0.15) is 31.8 Å². The fourth-order valence-electron chi connectivity index (χ4n) is 6.51. The van der Waals surface area contributed by atoms with Crippen LogP contribution in [0.3, 0.4) is 0 Å². The molecule has 6 aromatic rings. The highest BCUT2D eigenvalue weighted by Crippen LogP contribution is 2.47. The van der Waals surface area contributed by atoms with Crippen LogP contribution in [-0.2, 0) is 14.1 Å². The molecule has 0 unspecified atom stereocenters. The van der Waals surface area contributed by atoms with Gasteiger partial charge in [0.25, 0.3) is 0 Å². The lowest BCUT2D eigenvalue weighted by molar-refractivity contribution is 0.106. The van der Waals surface area contributed by atoms with Gasteiger partial charge in [0, 0.05) is 36.4 Å². The van der Waals surface area contributed by atoms with E-state index in [4.69, 9.17) is 9.98 Å². The SMILES string of the molecule is Cn1c2cc(N=C3C(=O)c4ccccc4C3=C(C#N)C#N)sc2c2c1c1sc(N=C3C(=O)c4ccccc4C3=C(C#N)C#N)cc1n2C. The molecule has 0 saturated heterocycles. The van der Waals surface area contributed by atoms with E-state index < -0.39 is 0 Å². The van der Waals surface area contributed by atoms with Gasteiger partial charge in [-0.1, -0.05) is 48.5 Å². The number of fused-ring (bicyclic) bond motifs is 7. The van der Waals surface area contributed by atoms with Crippen LogP contribution in [0.4, 0.5) is 10.0 Å². The van der Waals surface area contributed by atoms with Gasteiger partial charge in [-0.15, -0.1) is 22.7 Å². The van der Waals surface area contributed by atoms with Crippen molar-refractivity contribution in [3.05, 3.63) is 94.1 Å². The zero-order valence-electron chi connectivity index (χ0n) is 25.0. The molecule has 10 nitrogen and oxygen atoms in total. The zero-order chi connectivity index (χ0) is 33.4. The van der Waals surface area contributed by atoms with Crippen LogP contribution in [0.25, 0.3) is 42.6 Å². The molecule has 0 spiro atoms. The Morgan fingerprint density at radius 3 is 1.31 bits per heavy atom. The highest BCUT2D eigenvalue weighted by atomic mass is 32.1. The number of rotatable bonds is 2. The number of thiophene rings is 2. The Balaban J connectivity index is 1.27. The first kappa shape index (κ1) is 28.8. The molecule has 8 rings (SSSR count). The average molecular weight is 657 g/mol. The molecular weight excluding hydrogens is 641 g/mol. The second-order valence-electron chi connectivity index (χ2n) is 11.0. The summed E-state index contributed by atoms with van der Waals surface area (Å²) in [6.45, 7) is 0. The van der Waals surface area contributed by atoms with Crippen LogP contribution >= 0.6 is 22.7 Å². The van der Waals surface area contributed by atoms with E-state index in [2.05, 4.69) is 0 Å². The van der Waals surface area contributed by atoms with Gasteiger partial charge in [0.2, 0.25) is 11.6 Å². The molecule has 0 amide bonds. The van der Waals surface area contributed by atoms with E-state index in [-0.39, 0.29) is 45.3 Å². The molecule has 0 N–H and O–H groups in total. The van der Waals surface area contributed by atoms with Crippen LogP contribution in [0, 0.1) is 45.3 Å². The first-order valence-corrected chi connectivity index (χ1v) is 16.0.